The molecular weight excluding hydrogens is 432 g/mol. The Hall–Kier alpha value is -4.13. The minimum absolute atomic E-state index is 0.107. The average molecular weight is 461 g/mol. The molecule has 2 N–H and O–H groups in total. The van der Waals surface area contributed by atoms with E-state index in [0.717, 1.165) is 27.8 Å². The lowest BCUT2D eigenvalue weighted by molar-refractivity contribution is -0.141. The zero-order valence-corrected chi connectivity index (χ0v) is 19.9. The van der Waals surface area contributed by atoms with Gasteiger partial charge in [-0.2, -0.15) is 0 Å². The van der Waals surface area contributed by atoms with E-state index < -0.39 is 23.7 Å². The van der Waals surface area contributed by atoms with Gasteiger partial charge in [0.1, 0.15) is 11.8 Å². The lowest BCUT2D eigenvalue weighted by Gasteiger charge is -2.19. The largest absolute Gasteiger partial charge is 0.503 e. The van der Waals surface area contributed by atoms with E-state index in [1.165, 1.54) is 26.3 Å². The second-order valence-electron chi connectivity index (χ2n) is 7.89. The lowest BCUT2D eigenvalue weighted by atomic mass is 9.91. The van der Waals surface area contributed by atoms with E-state index in [1.807, 2.05) is 62.4 Å². The molecular formula is C27H28N2O5. The summed E-state index contributed by atoms with van der Waals surface area (Å²) < 4.78 is 10.7. The highest BCUT2D eigenvalue weighted by Gasteiger charge is 2.24. The summed E-state index contributed by atoms with van der Waals surface area (Å²) in [6, 6.07) is 16.2. The van der Waals surface area contributed by atoms with Crippen molar-refractivity contribution in [3.05, 3.63) is 94.5 Å². The zero-order valence-electron chi connectivity index (χ0n) is 19.9. The molecule has 34 heavy (non-hydrogen) atoms. The van der Waals surface area contributed by atoms with Crippen LogP contribution < -0.4 is 10.1 Å². The van der Waals surface area contributed by atoms with E-state index in [0.29, 0.717) is 5.76 Å². The number of methoxy groups -OCH3 is 1. The van der Waals surface area contributed by atoms with Gasteiger partial charge in [0, 0.05) is 17.8 Å². The molecule has 0 fully saturated rings. The van der Waals surface area contributed by atoms with E-state index in [1.54, 1.807) is 6.92 Å². The third-order valence-electron chi connectivity index (χ3n) is 5.46. The second kappa shape index (κ2) is 10.7. The fourth-order valence-corrected chi connectivity index (χ4v) is 3.61. The monoisotopic (exact) mass is 460 g/mol. The number of allylic oxidation sites excluding steroid dienone is 1. The van der Waals surface area contributed by atoms with Crippen LogP contribution in [0.5, 0.6) is 11.5 Å². The van der Waals surface area contributed by atoms with Crippen molar-refractivity contribution in [1.82, 2.24) is 10.3 Å². The van der Waals surface area contributed by atoms with Gasteiger partial charge in [-0.05, 0) is 49.9 Å². The first kappa shape index (κ1) is 24.5. The van der Waals surface area contributed by atoms with Crippen LogP contribution in [0.2, 0.25) is 0 Å². The molecule has 1 heterocycles. The Bertz CT molecular complexity index is 1200. The van der Waals surface area contributed by atoms with E-state index in [9.17, 15) is 14.7 Å². The summed E-state index contributed by atoms with van der Waals surface area (Å²) in [4.78, 5) is 29.4. The number of amides is 1. The van der Waals surface area contributed by atoms with Gasteiger partial charge in [0.25, 0.3) is 5.91 Å². The van der Waals surface area contributed by atoms with E-state index in [4.69, 9.17) is 9.47 Å². The number of aromatic nitrogens is 1. The fourth-order valence-electron chi connectivity index (χ4n) is 3.61. The van der Waals surface area contributed by atoms with Gasteiger partial charge < -0.3 is 19.9 Å². The Kier molecular flexibility index (Phi) is 7.68. The second-order valence-corrected chi connectivity index (χ2v) is 7.89. The van der Waals surface area contributed by atoms with Gasteiger partial charge in [0.15, 0.2) is 17.2 Å². The molecule has 1 amide bonds. The molecule has 0 radical (unpaired) electrons. The molecule has 1 aromatic heterocycles. The predicted octanol–water partition coefficient (Wildman–Crippen LogP) is 4.55. The maximum atomic E-state index is 12.9. The van der Waals surface area contributed by atoms with Crippen molar-refractivity contribution in [2.75, 3.05) is 7.11 Å². The third kappa shape index (κ3) is 5.26. The number of hydrogen-bond acceptors (Lipinski definition) is 6. The highest BCUT2D eigenvalue weighted by atomic mass is 16.5. The number of aromatic hydroxyl groups is 1. The van der Waals surface area contributed by atoms with Crippen LogP contribution in [0.4, 0.5) is 0 Å². The van der Waals surface area contributed by atoms with Crippen molar-refractivity contribution < 1.29 is 24.2 Å². The van der Waals surface area contributed by atoms with Gasteiger partial charge in [-0.1, -0.05) is 48.5 Å². The number of nitrogens with one attached hydrogen (secondary N) is 1. The van der Waals surface area contributed by atoms with Gasteiger partial charge in [-0.3, -0.25) is 4.79 Å². The molecule has 2 aromatic carbocycles. The smallest absolute Gasteiger partial charge is 0.333 e. The fraction of sp³-hybridized carbons (Fsp3) is 0.222. The van der Waals surface area contributed by atoms with E-state index in [2.05, 4.69) is 10.3 Å². The maximum Gasteiger partial charge on any atom is 0.333 e. The zero-order chi connectivity index (χ0) is 24.8. The van der Waals surface area contributed by atoms with Crippen molar-refractivity contribution in [2.24, 2.45) is 0 Å². The predicted molar refractivity (Wildman–Crippen MR) is 130 cm³/mol. The minimum Gasteiger partial charge on any atom is -0.503 e. The lowest BCUT2D eigenvalue weighted by Crippen LogP contribution is -2.39. The van der Waals surface area contributed by atoms with Crippen LogP contribution in [-0.4, -0.2) is 35.1 Å². The Morgan fingerprint density at radius 3 is 2.06 bits per heavy atom. The number of ether oxygens (including phenoxy) is 2. The van der Waals surface area contributed by atoms with Gasteiger partial charge in [-0.15, -0.1) is 0 Å². The van der Waals surface area contributed by atoms with Crippen LogP contribution in [0, 0.1) is 13.8 Å². The standard InChI is InChI=1S/C27H28N2O5/c1-16-10-6-8-12-20(16)23(21-13-9-7-11-17(21)2)19(4)34-27(32)18(3)29-26(31)24-25(30)22(33-5)14-15-28-24/h6-15,18,30H,1-5H3,(H,29,31)/t18-/m0/s1. The minimum atomic E-state index is -0.996. The summed E-state index contributed by atoms with van der Waals surface area (Å²) in [5.74, 6) is -1.25. The van der Waals surface area contributed by atoms with Crippen molar-refractivity contribution in [1.29, 1.82) is 0 Å². The number of pyridine rings is 1. The normalized spacial score (nSPS) is 11.3. The molecule has 1 atom stereocenters. The molecule has 0 saturated carbocycles. The topological polar surface area (TPSA) is 97.8 Å². The molecule has 176 valence electrons. The van der Waals surface area contributed by atoms with Crippen LogP contribution in [0.3, 0.4) is 0 Å². The molecule has 3 aromatic rings. The Morgan fingerprint density at radius 2 is 1.53 bits per heavy atom. The molecule has 3 rings (SSSR count). The molecule has 0 aliphatic rings. The van der Waals surface area contributed by atoms with Crippen molar-refractivity contribution in [3.63, 3.8) is 0 Å². The number of hydrogen-bond donors (Lipinski definition) is 2. The van der Waals surface area contributed by atoms with Gasteiger partial charge in [0.05, 0.1) is 7.11 Å². The number of nitrogens with zero attached hydrogens (tertiary/aromatic N) is 1. The van der Waals surface area contributed by atoms with E-state index in [-0.39, 0.29) is 11.4 Å². The van der Waals surface area contributed by atoms with Gasteiger partial charge >= 0.3 is 5.97 Å². The average Bonchev–Trinajstić information content (AvgIpc) is 2.81. The van der Waals surface area contributed by atoms with Crippen LogP contribution in [0.25, 0.3) is 5.57 Å². The molecule has 0 unspecified atom stereocenters. The summed E-state index contributed by atoms with van der Waals surface area (Å²) >= 11 is 0. The summed E-state index contributed by atoms with van der Waals surface area (Å²) in [6.07, 6.45) is 1.33. The molecule has 7 nitrogen and oxygen atoms in total. The molecule has 0 aliphatic heterocycles. The first-order valence-electron chi connectivity index (χ1n) is 10.8. The van der Waals surface area contributed by atoms with Crippen LogP contribution in [0.1, 0.15) is 46.6 Å². The van der Waals surface area contributed by atoms with Crippen molar-refractivity contribution >= 4 is 17.4 Å². The van der Waals surface area contributed by atoms with Crippen LogP contribution in [-0.2, 0) is 9.53 Å². The van der Waals surface area contributed by atoms with Crippen LogP contribution in [0.15, 0.2) is 66.6 Å². The van der Waals surface area contributed by atoms with Crippen LogP contribution >= 0.6 is 0 Å². The number of aryl methyl sites for hydroxylation is 2. The molecule has 0 spiro atoms. The van der Waals surface area contributed by atoms with Crippen molar-refractivity contribution in [2.45, 2.75) is 33.7 Å². The first-order valence-corrected chi connectivity index (χ1v) is 10.8. The first-order chi connectivity index (χ1) is 16.2. The number of benzene rings is 2. The van der Waals surface area contributed by atoms with E-state index >= 15 is 0 Å². The number of carbonyl (C=O) groups excluding carboxylic acids is 2. The highest BCUT2D eigenvalue weighted by molar-refractivity contribution is 5.98. The number of rotatable bonds is 7. The summed E-state index contributed by atoms with van der Waals surface area (Å²) in [5, 5.41) is 12.7. The summed E-state index contributed by atoms with van der Waals surface area (Å²) in [5.41, 5.74) is 4.53. The Balaban J connectivity index is 1.88. The highest BCUT2D eigenvalue weighted by Crippen LogP contribution is 2.32. The summed E-state index contributed by atoms with van der Waals surface area (Å²) in [7, 11) is 1.37. The molecule has 7 heteroatoms. The number of esters is 1. The summed E-state index contributed by atoms with van der Waals surface area (Å²) in [6.45, 7) is 7.24. The quantitative estimate of drug-likeness (QED) is 0.396. The molecule has 0 aliphatic carbocycles. The Labute approximate surface area is 199 Å². The third-order valence-corrected chi connectivity index (χ3v) is 5.46. The maximum absolute atomic E-state index is 12.9. The number of carbonyl (C=O) groups is 2. The van der Waals surface area contributed by atoms with Gasteiger partial charge in [0.2, 0.25) is 0 Å². The molecule has 0 saturated heterocycles. The SMILES string of the molecule is COc1ccnc(C(=O)N[C@@H](C)C(=O)OC(C)=C(c2ccccc2C)c2ccccc2C)c1O. The molecule has 0 bridgehead atoms. The van der Waals surface area contributed by atoms with Gasteiger partial charge in [-0.25, -0.2) is 9.78 Å². The Morgan fingerprint density at radius 1 is 0.971 bits per heavy atom. The van der Waals surface area contributed by atoms with Crippen molar-refractivity contribution in [3.8, 4) is 11.5 Å².